The van der Waals surface area contributed by atoms with Crippen molar-refractivity contribution in [3.63, 3.8) is 0 Å². The van der Waals surface area contributed by atoms with Gasteiger partial charge in [-0.25, -0.2) is 0 Å². The number of para-hydroxylation sites is 1. The summed E-state index contributed by atoms with van der Waals surface area (Å²) >= 11 is 0. The number of hydrogen-bond donors (Lipinski definition) is 0. The molecule has 30 heavy (non-hydrogen) atoms. The number of nitro groups is 1. The molecule has 2 aliphatic rings. The molecule has 1 fully saturated rings. The van der Waals surface area contributed by atoms with E-state index in [1.165, 1.54) is 17.7 Å². The molecule has 2 atom stereocenters. The lowest BCUT2D eigenvalue weighted by Crippen LogP contribution is -2.75. The van der Waals surface area contributed by atoms with Gasteiger partial charge in [-0.05, 0) is 54.7 Å². The highest BCUT2D eigenvalue weighted by Crippen LogP contribution is 2.52. The Hall–Kier alpha value is -3.67. The molecule has 3 aromatic carbocycles. The van der Waals surface area contributed by atoms with Crippen LogP contribution in [0.4, 0.5) is 11.4 Å². The van der Waals surface area contributed by atoms with Crippen LogP contribution in [0.25, 0.3) is 0 Å². The molecule has 0 bridgehead atoms. The van der Waals surface area contributed by atoms with Crippen molar-refractivity contribution in [1.82, 2.24) is 0 Å². The zero-order valence-electron chi connectivity index (χ0n) is 16.2. The molecule has 0 N–H and O–H groups in total. The van der Waals surface area contributed by atoms with Crippen LogP contribution < -0.4 is 9.64 Å². The topological polar surface area (TPSA) is 72.7 Å². The first-order chi connectivity index (χ1) is 14.6. The van der Waals surface area contributed by atoms with Gasteiger partial charge in [0.1, 0.15) is 11.3 Å². The number of carbonyl (C=O) groups excluding carboxylic acids is 1. The van der Waals surface area contributed by atoms with Crippen LogP contribution >= 0.6 is 0 Å². The summed E-state index contributed by atoms with van der Waals surface area (Å²) in [6, 6.07) is 23.7. The molecule has 1 saturated heterocycles. The second kappa shape index (κ2) is 6.99. The molecule has 6 nitrogen and oxygen atoms in total. The van der Waals surface area contributed by atoms with Gasteiger partial charge in [0.05, 0.1) is 4.92 Å². The number of amides is 1. The van der Waals surface area contributed by atoms with E-state index < -0.39 is 16.6 Å². The molecule has 3 aromatic rings. The van der Waals surface area contributed by atoms with Gasteiger partial charge in [-0.1, -0.05) is 42.5 Å². The Morgan fingerprint density at radius 2 is 1.67 bits per heavy atom. The van der Waals surface area contributed by atoms with E-state index in [-0.39, 0.29) is 11.6 Å². The molecule has 1 heterocycles. The first-order valence-corrected chi connectivity index (χ1v) is 10.00. The number of anilines is 1. The molecular weight excluding hydrogens is 380 g/mol. The van der Waals surface area contributed by atoms with Crippen molar-refractivity contribution in [2.24, 2.45) is 0 Å². The highest BCUT2D eigenvalue weighted by molar-refractivity contribution is 6.07. The molecule has 0 radical (unpaired) electrons. The number of nitro benzene ring substituents is 1. The Balaban J connectivity index is 1.61. The predicted octanol–water partition coefficient (Wildman–Crippen LogP) is 4.62. The van der Waals surface area contributed by atoms with Crippen molar-refractivity contribution in [3.05, 3.63) is 100 Å². The van der Waals surface area contributed by atoms with Crippen molar-refractivity contribution in [2.45, 2.75) is 30.9 Å². The molecule has 1 aliphatic heterocycles. The van der Waals surface area contributed by atoms with Crippen molar-refractivity contribution >= 4 is 17.3 Å². The standard InChI is InChI=1S/C24H20N2O4/c27-23-22(30-20-9-2-1-3-10-20)24(16-6-8-17-7-4-5-11-21(17)24)25(23)18-12-14-19(15-13-18)26(28)29/h1-5,7,9-15,22H,6,8,16H2. The van der Waals surface area contributed by atoms with E-state index in [4.69, 9.17) is 4.74 Å². The monoisotopic (exact) mass is 400 g/mol. The molecular formula is C24H20N2O4. The molecule has 1 spiro atoms. The quantitative estimate of drug-likeness (QED) is 0.364. The minimum absolute atomic E-state index is 0.00176. The first-order valence-electron chi connectivity index (χ1n) is 10.00. The summed E-state index contributed by atoms with van der Waals surface area (Å²) in [5, 5.41) is 11.0. The van der Waals surface area contributed by atoms with Gasteiger partial charge < -0.3 is 4.74 Å². The maximum absolute atomic E-state index is 13.3. The number of carbonyl (C=O) groups is 1. The Bertz CT molecular complexity index is 1110. The van der Waals surface area contributed by atoms with Crippen molar-refractivity contribution in [1.29, 1.82) is 0 Å². The largest absolute Gasteiger partial charge is 0.478 e. The average Bonchev–Trinajstić information content (AvgIpc) is 2.79. The number of β-lactam (4-membered cyclic amide) rings is 1. The van der Waals surface area contributed by atoms with Crippen LogP contribution in [0, 0.1) is 10.1 Å². The molecule has 1 amide bonds. The zero-order chi connectivity index (χ0) is 20.7. The molecule has 2 unspecified atom stereocenters. The van der Waals surface area contributed by atoms with E-state index in [1.807, 2.05) is 42.5 Å². The number of aryl methyl sites for hydroxylation is 1. The number of ether oxygens (including phenoxy) is 1. The SMILES string of the molecule is O=C1C(Oc2ccccc2)C2(CCCc3ccccc32)N1c1ccc([N+](=O)[O-])cc1. The number of nitrogens with zero attached hydrogens (tertiary/aromatic N) is 2. The highest BCUT2D eigenvalue weighted by atomic mass is 16.6. The summed E-state index contributed by atoms with van der Waals surface area (Å²) in [5.74, 6) is 0.519. The van der Waals surface area contributed by atoms with Gasteiger partial charge in [-0.3, -0.25) is 19.8 Å². The predicted molar refractivity (Wildman–Crippen MR) is 112 cm³/mol. The van der Waals surface area contributed by atoms with E-state index in [9.17, 15) is 14.9 Å². The van der Waals surface area contributed by atoms with Crippen molar-refractivity contribution < 1.29 is 14.5 Å². The smallest absolute Gasteiger partial charge is 0.271 e. The molecule has 150 valence electrons. The van der Waals surface area contributed by atoms with E-state index in [2.05, 4.69) is 12.1 Å². The summed E-state index contributed by atoms with van der Waals surface area (Å²) in [7, 11) is 0. The van der Waals surface area contributed by atoms with E-state index in [0.717, 1.165) is 24.8 Å². The molecule has 0 aromatic heterocycles. The zero-order valence-corrected chi connectivity index (χ0v) is 16.2. The summed E-state index contributed by atoms with van der Waals surface area (Å²) < 4.78 is 6.23. The maximum atomic E-state index is 13.3. The molecule has 1 aliphatic carbocycles. The van der Waals surface area contributed by atoms with Gasteiger partial charge in [0.25, 0.3) is 11.6 Å². The summed E-state index contributed by atoms with van der Waals surface area (Å²) in [6.45, 7) is 0. The van der Waals surface area contributed by atoms with Gasteiger partial charge in [0, 0.05) is 17.8 Å². The third-order valence-corrected chi connectivity index (χ3v) is 6.08. The maximum Gasteiger partial charge on any atom is 0.271 e. The van der Waals surface area contributed by atoms with Gasteiger partial charge in [0.2, 0.25) is 6.10 Å². The fourth-order valence-corrected chi connectivity index (χ4v) is 4.78. The van der Waals surface area contributed by atoms with Crippen LogP contribution in [0.5, 0.6) is 5.75 Å². The molecule has 6 heteroatoms. The lowest BCUT2D eigenvalue weighted by atomic mass is 9.66. The Kier molecular flexibility index (Phi) is 4.28. The number of hydrogen-bond acceptors (Lipinski definition) is 4. The highest BCUT2D eigenvalue weighted by Gasteiger charge is 2.64. The normalized spacial score (nSPS) is 22.3. The Morgan fingerprint density at radius 3 is 2.40 bits per heavy atom. The van der Waals surface area contributed by atoms with Crippen molar-refractivity contribution in [3.8, 4) is 5.75 Å². The van der Waals surface area contributed by atoms with Gasteiger partial charge in [-0.15, -0.1) is 0 Å². The van der Waals surface area contributed by atoms with Crippen molar-refractivity contribution in [2.75, 3.05) is 4.90 Å². The van der Waals surface area contributed by atoms with Crippen LogP contribution in [-0.4, -0.2) is 16.9 Å². The Morgan fingerprint density at radius 1 is 0.967 bits per heavy atom. The van der Waals surface area contributed by atoms with Crippen LogP contribution in [0.15, 0.2) is 78.9 Å². The first kappa shape index (κ1) is 18.4. The lowest BCUT2D eigenvalue weighted by molar-refractivity contribution is -0.384. The van der Waals surface area contributed by atoms with E-state index in [1.54, 1.807) is 17.0 Å². The summed E-state index contributed by atoms with van der Waals surface area (Å²) in [6.07, 6.45) is 2.02. The fourth-order valence-electron chi connectivity index (χ4n) is 4.78. The van der Waals surface area contributed by atoms with E-state index >= 15 is 0 Å². The second-order valence-corrected chi connectivity index (χ2v) is 7.69. The summed E-state index contributed by atoms with van der Waals surface area (Å²) in [4.78, 5) is 25.7. The Labute approximate surface area is 173 Å². The second-order valence-electron chi connectivity index (χ2n) is 7.69. The van der Waals surface area contributed by atoms with Gasteiger partial charge in [-0.2, -0.15) is 0 Å². The summed E-state index contributed by atoms with van der Waals surface area (Å²) in [5.41, 5.74) is 2.33. The van der Waals surface area contributed by atoms with Gasteiger partial charge >= 0.3 is 0 Å². The number of fused-ring (bicyclic) bond motifs is 2. The van der Waals surface area contributed by atoms with Crippen LogP contribution in [0.1, 0.15) is 24.0 Å². The van der Waals surface area contributed by atoms with Crippen LogP contribution in [0.3, 0.4) is 0 Å². The van der Waals surface area contributed by atoms with E-state index in [0.29, 0.717) is 11.4 Å². The number of rotatable bonds is 4. The third kappa shape index (κ3) is 2.68. The molecule has 5 rings (SSSR count). The average molecular weight is 400 g/mol. The number of non-ortho nitro benzene ring substituents is 1. The molecule has 0 saturated carbocycles. The number of benzene rings is 3. The minimum Gasteiger partial charge on any atom is -0.478 e. The lowest BCUT2D eigenvalue weighted by Gasteiger charge is -2.58. The van der Waals surface area contributed by atoms with Gasteiger partial charge in [0.15, 0.2) is 0 Å². The fraction of sp³-hybridized carbons (Fsp3) is 0.208. The minimum atomic E-state index is -0.642. The van der Waals surface area contributed by atoms with Crippen LogP contribution in [-0.2, 0) is 16.8 Å². The van der Waals surface area contributed by atoms with Crippen LogP contribution in [0.2, 0.25) is 0 Å². The third-order valence-electron chi connectivity index (χ3n) is 6.08.